The van der Waals surface area contributed by atoms with Crippen molar-refractivity contribution in [3.8, 4) is 0 Å². The zero-order chi connectivity index (χ0) is 22.3. The van der Waals surface area contributed by atoms with Crippen LogP contribution in [0.2, 0.25) is 0 Å². The number of alkyl halides is 1. The van der Waals surface area contributed by atoms with Crippen LogP contribution in [-0.4, -0.2) is 58.4 Å². The van der Waals surface area contributed by atoms with Crippen molar-refractivity contribution >= 4 is 12.2 Å². The molecular weight excluding hydrogens is 387 g/mol. The first-order valence-corrected chi connectivity index (χ1v) is 10.7. The summed E-state index contributed by atoms with van der Waals surface area (Å²) >= 11 is 0. The SMILES string of the molecule is CN(C[C@H](CC1CCC(F)CC1)N(C(=O)O)C(C)(C)C)C(=O)OCc1ccccc1. The third-order valence-corrected chi connectivity index (χ3v) is 5.68. The van der Waals surface area contributed by atoms with Gasteiger partial charge in [0.25, 0.3) is 0 Å². The fraction of sp³-hybridized carbons (Fsp3) is 0.652. The van der Waals surface area contributed by atoms with Gasteiger partial charge < -0.3 is 14.7 Å². The highest BCUT2D eigenvalue weighted by Crippen LogP contribution is 2.32. The number of halogens is 1. The molecule has 1 N–H and O–H groups in total. The van der Waals surface area contributed by atoms with Gasteiger partial charge in [0, 0.05) is 19.1 Å². The van der Waals surface area contributed by atoms with Gasteiger partial charge in [-0.1, -0.05) is 30.3 Å². The molecular formula is C23H35FN2O4. The van der Waals surface area contributed by atoms with Crippen LogP contribution in [0.4, 0.5) is 14.0 Å². The molecule has 1 aromatic rings. The minimum Gasteiger partial charge on any atom is -0.465 e. The summed E-state index contributed by atoms with van der Waals surface area (Å²) in [6.45, 7) is 5.94. The average molecular weight is 423 g/mol. The number of carboxylic acid groups (broad SMARTS) is 1. The second-order valence-corrected chi connectivity index (χ2v) is 9.25. The van der Waals surface area contributed by atoms with E-state index in [-0.39, 0.29) is 19.1 Å². The Balaban J connectivity index is 2.06. The normalized spacial score (nSPS) is 20.3. The number of carbonyl (C=O) groups is 2. The second-order valence-electron chi connectivity index (χ2n) is 9.25. The molecule has 0 aromatic heterocycles. The number of hydrogen-bond donors (Lipinski definition) is 1. The van der Waals surface area contributed by atoms with Crippen molar-refractivity contribution in [2.24, 2.45) is 5.92 Å². The van der Waals surface area contributed by atoms with Crippen molar-refractivity contribution in [1.29, 1.82) is 0 Å². The minimum atomic E-state index is -1.02. The van der Waals surface area contributed by atoms with Gasteiger partial charge >= 0.3 is 12.2 Å². The van der Waals surface area contributed by atoms with Gasteiger partial charge in [0.2, 0.25) is 0 Å². The quantitative estimate of drug-likeness (QED) is 0.646. The molecule has 2 rings (SSSR count). The van der Waals surface area contributed by atoms with Crippen molar-refractivity contribution in [3.05, 3.63) is 35.9 Å². The molecule has 1 aliphatic rings. The summed E-state index contributed by atoms with van der Waals surface area (Å²) < 4.78 is 18.9. The lowest BCUT2D eigenvalue weighted by molar-refractivity contribution is 0.0382. The number of carbonyl (C=O) groups excluding carboxylic acids is 1. The van der Waals surface area contributed by atoms with Crippen molar-refractivity contribution < 1.29 is 23.8 Å². The van der Waals surface area contributed by atoms with Gasteiger partial charge in [-0.25, -0.2) is 14.0 Å². The fourth-order valence-electron chi connectivity index (χ4n) is 4.21. The number of amides is 2. The van der Waals surface area contributed by atoms with Crippen molar-refractivity contribution in [2.45, 2.75) is 77.2 Å². The molecule has 0 heterocycles. The third-order valence-electron chi connectivity index (χ3n) is 5.68. The number of benzene rings is 1. The first kappa shape index (κ1) is 24.0. The van der Waals surface area contributed by atoms with Gasteiger partial charge in [-0.2, -0.15) is 0 Å². The standard InChI is InChI=1S/C23H35FN2O4/c1-23(2,3)26(21(27)28)20(14-17-10-12-19(24)13-11-17)15-25(4)22(29)30-16-18-8-6-5-7-9-18/h5-9,17,19-20H,10-16H2,1-4H3,(H,27,28)/t17?,19?,20-/m0/s1. The molecule has 0 radical (unpaired) electrons. The van der Waals surface area contributed by atoms with Gasteiger partial charge in [-0.3, -0.25) is 4.90 Å². The highest BCUT2D eigenvalue weighted by Gasteiger charge is 2.36. The number of nitrogens with zero attached hydrogens (tertiary/aromatic N) is 2. The highest BCUT2D eigenvalue weighted by atomic mass is 19.1. The number of rotatable bonds is 7. The Morgan fingerprint density at radius 2 is 1.77 bits per heavy atom. The molecule has 0 saturated heterocycles. The lowest BCUT2D eigenvalue weighted by atomic mass is 9.83. The van der Waals surface area contributed by atoms with E-state index in [4.69, 9.17) is 4.74 Å². The molecule has 1 atom stereocenters. The third kappa shape index (κ3) is 7.18. The summed E-state index contributed by atoms with van der Waals surface area (Å²) in [6.07, 6.45) is 0.882. The van der Waals surface area contributed by atoms with Crippen LogP contribution in [0.3, 0.4) is 0 Å². The smallest absolute Gasteiger partial charge is 0.409 e. The Bertz CT molecular complexity index is 684. The zero-order valence-corrected chi connectivity index (χ0v) is 18.5. The summed E-state index contributed by atoms with van der Waals surface area (Å²) in [7, 11) is 1.63. The highest BCUT2D eigenvalue weighted by molar-refractivity contribution is 5.68. The van der Waals surface area contributed by atoms with Gasteiger partial charge in [0.1, 0.15) is 12.8 Å². The van der Waals surface area contributed by atoms with Crippen LogP contribution in [-0.2, 0) is 11.3 Å². The van der Waals surface area contributed by atoms with E-state index in [1.807, 2.05) is 51.1 Å². The molecule has 7 heteroatoms. The number of ether oxygens (including phenoxy) is 1. The van der Waals surface area contributed by atoms with Crippen molar-refractivity contribution in [3.63, 3.8) is 0 Å². The van der Waals surface area contributed by atoms with Crippen LogP contribution in [0.15, 0.2) is 30.3 Å². The molecule has 2 amide bonds. The molecule has 0 spiro atoms. The van der Waals surface area contributed by atoms with E-state index in [1.165, 1.54) is 9.80 Å². The maximum absolute atomic E-state index is 13.5. The summed E-state index contributed by atoms with van der Waals surface area (Å²) in [5.41, 5.74) is 0.267. The first-order valence-electron chi connectivity index (χ1n) is 10.7. The van der Waals surface area contributed by atoms with E-state index >= 15 is 0 Å². The molecule has 1 aromatic carbocycles. The Labute approximate surface area is 179 Å². The number of likely N-dealkylation sites (N-methyl/N-ethyl adjacent to an activating group) is 1. The molecule has 1 saturated carbocycles. The molecule has 168 valence electrons. The van der Waals surface area contributed by atoms with Gasteiger partial charge in [0.05, 0.1) is 6.04 Å². The summed E-state index contributed by atoms with van der Waals surface area (Å²) in [6, 6.07) is 9.02. The predicted molar refractivity (Wildman–Crippen MR) is 114 cm³/mol. The van der Waals surface area contributed by atoms with E-state index < -0.39 is 29.9 Å². The maximum atomic E-state index is 13.5. The minimum absolute atomic E-state index is 0.164. The van der Waals surface area contributed by atoms with Crippen LogP contribution in [0.1, 0.15) is 58.4 Å². The van der Waals surface area contributed by atoms with E-state index in [0.717, 1.165) is 18.4 Å². The summed E-state index contributed by atoms with van der Waals surface area (Å²) in [5, 5.41) is 9.89. The number of hydrogen-bond acceptors (Lipinski definition) is 3. The zero-order valence-electron chi connectivity index (χ0n) is 18.5. The molecule has 1 fully saturated rings. The average Bonchev–Trinajstić information content (AvgIpc) is 2.67. The van der Waals surface area contributed by atoms with Crippen LogP contribution >= 0.6 is 0 Å². The summed E-state index contributed by atoms with van der Waals surface area (Å²) in [5.74, 6) is 0.250. The van der Waals surface area contributed by atoms with Crippen molar-refractivity contribution in [2.75, 3.05) is 13.6 Å². The maximum Gasteiger partial charge on any atom is 0.409 e. The first-order chi connectivity index (χ1) is 14.1. The largest absolute Gasteiger partial charge is 0.465 e. The Hall–Kier alpha value is -2.31. The molecule has 0 bridgehead atoms. The molecule has 30 heavy (non-hydrogen) atoms. The lowest BCUT2D eigenvalue weighted by Crippen LogP contribution is -2.55. The molecule has 6 nitrogen and oxygen atoms in total. The van der Waals surface area contributed by atoms with Crippen LogP contribution < -0.4 is 0 Å². The topological polar surface area (TPSA) is 70.1 Å². The van der Waals surface area contributed by atoms with Gasteiger partial charge in [-0.05, 0) is 64.4 Å². The Morgan fingerprint density at radius 3 is 2.30 bits per heavy atom. The fourth-order valence-corrected chi connectivity index (χ4v) is 4.21. The van der Waals surface area contributed by atoms with Crippen LogP contribution in [0, 0.1) is 5.92 Å². The summed E-state index contributed by atoms with van der Waals surface area (Å²) in [4.78, 5) is 27.5. The van der Waals surface area contributed by atoms with Gasteiger partial charge in [0.15, 0.2) is 0 Å². The second kappa shape index (κ2) is 10.6. The van der Waals surface area contributed by atoms with E-state index in [0.29, 0.717) is 19.3 Å². The molecule has 0 aliphatic heterocycles. The monoisotopic (exact) mass is 422 g/mol. The van der Waals surface area contributed by atoms with E-state index in [1.54, 1.807) is 7.05 Å². The van der Waals surface area contributed by atoms with Crippen LogP contribution in [0.5, 0.6) is 0 Å². The molecule has 0 unspecified atom stereocenters. The lowest BCUT2D eigenvalue weighted by Gasteiger charge is -2.42. The van der Waals surface area contributed by atoms with Crippen LogP contribution in [0.25, 0.3) is 0 Å². The van der Waals surface area contributed by atoms with Crippen molar-refractivity contribution in [1.82, 2.24) is 9.80 Å². The van der Waals surface area contributed by atoms with E-state index in [2.05, 4.69) is 0 Å². The Morgan fingerprint density at radius 1 is 1.17 bits per heavy atom. The predicted octanol–water partition coefficient (Wildman–Crippen LogP) is 5.32. The van der Waals surface area contributed by atoms with E-state index in [9.17, 15) is 19.1 Å². The Kier molecular flexibility index (Phi) is 8.50. The van der Waals surface area contributed by atoms with Gasteiger partial charge in [-0.15, -0.1) is 0 Å². The molecule has 1 aliphatic carbocycles.